The van der Waals surface area contributed by atoms with Crippen molar-refractivity contribution < 1.29 is 9.18 Å². The summed E-state index contributed by atoms with van der Waals surface area (Å²) in [5, 5.41) is 2.72. The highest BCUT2D eigenvalue weighted by Gasteiger charge is 2.07. The lowest BCUT2D eigenvalue weighted by molar-refractivity contribution is -0.116. The molecular formula is C11H14FIN2O. The van der Waals surface area contributed by atoms with Crippen molar-refractivity contribution >= 4 is 34.2 Å². The molecule has 1 atom stereocenters. The molecule has 0 saturated carbocycles. The van der Waals surface area contributed by atoms with Crippen LogP contribution in [0.1, 0.15) is 19.8 Å². The van der Waals surface area contributed by atoms with Crippen molar-refractivity contribution in [1.82, 2.24) is 0 Å². The lowest BCUT2D eigenvalue weighted by Crippen LogP contribution is -2.19. The summed E-state index contributed by atoms with van der Waals surface area (Å²) < 4.78 is 13.5. The molecule has 0 heterocycles. The molecule has 3 nitrogen and oxygen atoms in total. The van der Waals surface area contributed by atoms with Gasteiger partial charge in [-0.3, -0.25) is 4.79 Å². The van der Waals surface area contributed by atoms with Gasteiger partial charge >= 0.3 is 0 Å². The van der Waals surface area contributed by atoms with E-state index in [2.05, 4.69) is 5.32 Å². The van der Waals surface area contributed by atoms with E-state index >= 15 is 0 Å². The molecule has 1 unspecified atom stereocenters. The molecule has 0 spiro atoms. The molecule has 0 aliphatic carbocycles. The van der Waals surface area contributed by atoms with Crippen molar-refractivity contribution in [2.45, 2.75) is 25.8 Å². The summed E-state index contributed by atoms with van der Waals surface area (Å²) in [5.74, 6) is -0.403. The molecule has 0 saturated heterocycles. The van der Waals surface area contributed by atoms with Crippen LogP contribution in [0.2, 0.25) is 0 Å². The van der Waals surface area contributed by atoms with E-state index in [0.717, 1.165) is 0 Å². The topological polar surface area (TPSA) is 55.1 Å². The van der Waals surface area contributed by atoms with E-state index in [-0.39, 0.29) is 17.8 Å². The minimum atomic E-state index is -0.307. The molecular weight excluding hydrogens is 322 g/mol. The van der Waals surface area contributed by atoms with Crippen molar-refractivity contribution in [3.05, 3.63) is 27.6 Å². The van der Waals surface area contributed by atoms with Crippen LogP contribution in [0.4, 0.5) is 10.1 Å². The fraction of sp³-hybridized carbons (Fsp3) is 0.364. The normalized spacial score (nSPS) is 12.2. The van der Waals surface area contributed by atoms with Crippen LogP contribution < -0.4 is 11.1 Å². The van der Waals surface area contributed by atoms with Gasteiger partial charge < -0.3 is 11.1 Å². The molecule has 88 valence electrons. The van der Waals surface area contributed by atoms with E-state index in [1.807, 2.05) is 29.5 Å². The van der Waals surface area contributed by atoms with Crippen LogP contribution in [-0.4, -0.2) is 11.9 Å². The number of rotatable bonds is 4. The predicted molar refractivity (Wildman–Crippen MR) is 70.6 cm³/mol. The van der Waals surface area contributed by atoms with Crippen LogP contribution in [0.25, 0.3) is 0 Å². The van der Waals surface area contributed by atoms with Crippen LogP contribution in [0, 0.1) is 9.39 Å². The number of carbonyl (C=O) groups excluding carboxylic acids is 1. The van der Waals surface area contributed by atoms with Crippen molar-refractivity contribution in [3.8, 4) is 0 Å². The SMILES string of the molecule is CC(N)CCC(=O)Nc1ccc(F)cc1I. The maximum Gasteiger partial charge on any atom is 0.224 e. The Bertz CT molecular complexity index is 382. The molecule has 5 heteroatoms. The first-order valence-electron chi connectivity index (χ1n) is 4.99. The molecule has 0 radical (unpaired) electrons. The number of halogens is 2. The fourth-order valence-electron chi connectivity index (χ4n) is 1.16. The van der Waals surface area contributed by atoms with Gasteiger partial charge in [-0.05, 0) is 54.1 Å². The van der Waals surface area contributed by atoms with E-state index in [1.54, 1.807) is 6.07 Å². The van der Waals surface area contributed by atoms with Crippen molar-refractivity contribution in [1.29, 1.82) is 0 Å². The van der Waals surface area contributed by atoms with Gasteiger partial charge in [0, 0.05) is 16.0 Å². The molecule has 0 fully saturated rings. The average Bonchev–Trinajstić information content (AvgIpc) is 2.19. The number of nitrogens with two attached hydrogens (primary N) is 1. The maximum absolute atomic E-state index is 12.8. The predicted octanol–water partition coefficient (Wildman–Crippen LogP) is 2.50. The summed E-state index contributed by atoms with van der Waals surface area (Å²) in [6.45, 7) is 1.86. The first-order chi connectivity index (χ1) is 7.49. The van der Waals surface area contributed by atoms with Crippen LogP contribution >= 0.6 is 22.6 Å². The number of amides is 1. The first-order valence-corrected chi connectivity index (χ1v) is 6.07. The molecule has 1 rings (SSSR count). The van der Waals surface area contributed by atoms with E-state index in [1.165, 1.54) is 12.1 Å². The van der Waals surface area contributed by atoms with Crippen LogP contribution in [0.15, 0.2) is 18.2 Å². The molecule has 0 bridgehead atoms. The summed E-state index contributed by atoms with van der Waals surface area (Å²) in [6.07, 6.45) is 1.02. The Morgan fingerprint density at radius 2 is 2.31 bits per heavy atom. The van der Waals surface area contributed by atoms with E-state index < -0.39 is 0 Å². The third-order valence-electron chi connectivity index (χ3n) is 2.03. The minimum absolute atomic E-state index is 0.0121. The Kier molecular flexibility index (Phi) is 5.14. The summed E-state index contributed by atoms with van der Waals surface area (Å²) in [5.41, 5.74) is 6.19. The van der Waals surface area contributed by atoms with Gasteiger partial charge in [0.05, 0.1) is 5.69 Å². The zero-order valence-corrected chi connectivity index (χ0v) is 11.1. The number of nitrogens with one attached hydrogen (secondary N) is 1. The Morgan fingerprint density at radius 1 is 1.62 bits per heavy atom. The van der Waals surface area contributed by atoms with Gasteiger partial charge in [0.25, 0.3) is 0 Å². The third-order valence-corrected chi connectivity index (χ3v) is 2.92. The van der Waals surface area contributed by atoms with Crippen LogP contribution in [0.3, 0.4) is 0 Å². The Labute approximate surface area is 108 Å². The molecule has 0 aliphatic rings. The van der Waals surface area contributed by atoms with Crippen LogP contribution in [0.5, 0.6) is 0 Å². The standard InChI is InChI=1S/C11H14FIN2O/c1-7(14)2-5-11(16)15-10-4-3-8(12)6-9(10)13/h3-4,6-7H,2,5,14H2,1H3,(H,15,16). The Hall–Kier alpha value is -0.690. The van der Waals surface area contributed by atoms with Gasteiger partial charge in [0.15, 0.2) is 0 Å². The molecule has 1 aromatic carbocycles. The van der Waals surface area contributed by atoms with Gasteiger partial charge in [-0.1, -0.05) is 0 Å². The molecule has 0 aromatic heterocycles. The number of hydrogen-bond acceptors (Lipinski definition) is 2. The van der Waals surface area contributed by atoms with E-state index in [0.29, 0.717) is 22.1 Å². The van der Waals surface area contributed by atoms with Gasteiger partial charge in [-0.15, -0.1) is 0 Å². The van der Waals surface area contributed by atoms with Gasteiger partial charge in [0.2, 0.25) is 5.91 Å². The third kappa shape index (κ3) is 4.44. The zero-order valence-electron chi connectivity index (χ0n) is 8.97. The largest absolute Gasteiger partial charge is 0.328 e. The Balaban J connectivity index is 2.56. The molecule has 3 N–H and O–H groups in total. The highest BCUT2D eigenvalue weighted by molar-refractivity contribution is 14.1. The second-order valence-electron chi connectivity index (χ2n) is 3.69. The number of hydrogen-bond donors (Lipinski definition) is 2. The molecule has 1 amide bonds. The smallest absolute Gasteiger partial charge is 0.224 e. The molecule has 16 heavy (non-hydrogen) atoms. The van der Waals surface area contributed by atoms with E-state index in [4.69, 9.17) is 5.73 Å². The van der Waals surface area contributed by atoms with Crippen molar-refractivity contribution in [3.63, 3.8) is 0 Å². The quantitative estimate of drug-likeness (QED) is 0.830. The lowest BCUT2D eigenvalue weighted by Gasteiger charge is -2.08. The second-order valence-corrected chi connectivity index (χ2v) is 4.85. The summed E-state index contributed by atoms with van der Waals surface area (Å²) in [6, 6.07) is 4.27. The summed E-state index contributed by atoms with van der Waals surface area (Å²) >= 11 is 1.98. The first kappa shape index (κ1) is 13.4. The molecule has 1 aromatic rings. The van der Waals surface area contributed by atoms with Gasteiger partial charge in [0.1, 0.15) is 5.82 Å². The fourth-order valence-corrected chi connectivity index (χ4v) is 1.77. The summed E-state index contributed by atoms with van der Waals surface area (Å²) in [7, 11) is 0. The number of benzene rings is 1. The minimum Gasteiger partial charge on any atom is -0.328 e. The maximum atomic E-state index is 12.8. The highest BCUT2D eigenvalue weighted by Crippen LogP contribution is 2.19. The van der Waals surface area contributed by atoms with Crippen molar-refractivity contribution in [2.75, 3.05) is 5.32 Å². The number of anilines is 1. The summed E-state index contributed by atoms with van der Waals surface area (Å²) in [4.78, 5) is 11.5. The monoisotopic (exact) mass is 336 g/mol. The second kappa shape index (κ2) is 6.15. The van der Waals surface area contributed by atoms with Gasteiger partial charge in [-0.25, -0.2) is 4.39 Å². The highest BCUT2D eigenvalue weighted by atomic mass is 127. The molecule has 0 aliphatic heterocycles. The number of carbonyl (C=O) groups is 1. The van der Waals surface area contributed by atoms with Crippen LogP contribution in [-0.2, 0) is 4.79 Å². The Morgan fingerprint density at radius 3 is 2.88 bits per heavy atom. The lowest BCUT2D eigenvalue weighted by atomic mass is 10.2. The zero-order chi connectivity index (χ0) is 12.1. The van der Waals surface area contributed by atoms with Gasteiger partial charge in [-0.2, -0.15) is 0 Å². The average molecular weight is 336 g/mol. The van der Waals surface area contributed by atoms with Crippen molar-refractivity contribution in [2.24, 2.45) is 5.73 Å². The van der Waals surface area contributed by atoms with E-state index in [9.17, 15) is 9.18 Å².